The van der Waals surface area contributed by atoms with Crippen molar-refractivity contribution in [2.24, 2.45) is 4.76 Å². The first-order chi connectivity index (χ1) is 11.4. The van der Waals surface area contributed by atoms with E-state index >= 15 is 0 Å². The van der Waals surface area contributed by atoms with E-state index in [4.69, 9.17) is 17.7 Å². The number of hydrogen-bond acceptors (Lipinski definition) is 4. The Balaban J connectivity index is 0.000000713. The van der Waals surface area contributed by atoms with Crippen molar-refractivity contribution in [2.45, 2.75) is 90.2 Å². The van der Waals surface area contributed by atoms with Crippen molar-refractivity contribution in [1.82, 2.24) is 0 Å². The molecule has 11 heteroatoms. The highest BCUT2D eigenvalue weighted by Crippen LogP contribution is 3.07. The summed E-state index contributed by atoms with van der Waals surface area (Å²) in [5, 5.41) is 1.14. The quantitative estimate of drug-likeness (QED) is 0.214. The van der Waals surface area contributed by atoms with Crippen LogP contribution in [0.4, 0.5) is 13.2 Å². The summed E-state index contributed by atoms with van der Waals surface area (Å²) < 4.78 is 64.2. The highest BCUT2D eigenvalue weighted by molar-refractivity contribution is 8.71. The summed E-state index contributed by atoms with van der Waals surface area (Å²) in [7, 11) is -6.36. The molecule has 0 bridgehead atoms. The van der Waals surface area contributed by atoms with Crippen molar-refractivity contribution < 1.29 is 26.1 Å². The van der Waals surface area contributed by atoms with Gasteiger partial charge in [-0.3, -0.25) is 0 Å². The molecule has 0 radical (unpaired) electrons. The maximum atomic E-state index is 10.7. The summed E-state index contributed by atoms with van der Waals surface area (Å²) in [5.41, 5.74) is -4.13. The lowest BCUT2D eigenvalue weighted by Gasteiger charge is -2.44. The molecule has 1 heterocycles. The summed E-state index contributed by atoms with van der Waals surface area (Å²) in [5.74, 6) is 0. The standard InChI is InChI=1S/C15H33NP3.CHF3O3S/c1-12-16-17(13(2,3)4)18(14(5,6)7)19(12,11)15(8,9)10;2-1(3,4)8(5,6)7/h1-11H3;(H,5,6,7)/q+1;/p-1/t17-,18+,19?;/m1./s1. The molecule has 0 fully saturated rings. The van der Waals surface area contributed by atoms with Gasteiger partial charge in [-0.25, -0.2) is 13.2 Å². The highest BCUT2D eigenvalue weighted by Gasteiger charge is 2.66. The molecular weight excluding hydrogens is 436 g/mol. The third kappa shape index (κ3) is 6.32. The summed E-state index contributed by atoms with van der Waals surface area (Å²) in [4.78, 5) is 0. The normalized spacial score (nSPS) is 27.7. The molecule has 0 saturated heterocycles. The molecule has 0 amide bonds. The number of hydrogen-bond donors (Lipinski definition) is 0. The Kier molecular flexibility index (Phi) is 8.26. The molecule has 3 atom stereocenters. The molecule has 0 aromatic heterocycles. The molecule has 0 spiro atoms. The van der Waals surface area contributed by atoms with Crippen LogP contribution in [-0.2, 0) is 10.1 Å². The van der Waals surface area contributed by atoms with Crippen molar-refractivity contribution in [3.63, 3.8) is 0 Å². The van der Waals surface area contributed by atoms with Crippen molar-refractivity contribution >= 4 is 37.6 Å². The lowest BCUT2D eigenvalue weighted by Crippen LogP contribution is -2.26. The van der Waals surface area contributed by atoms with Gasteiger partial charge in [0, 0.05) is 17.2 Å². The van der Waals surface area contributed by atoms with Gasteiger partial charge < -0.3 is 4.55 Å². The van der Waals surface area contributed by atoms with E-state index in [0.29, 0.717) is 15.5 Å². The number of nitrogens with zero attached hydrogens (tertiary/aromatic N) is 1. The molecular formula is C16H33F3NO3P3S. The smallest absolute Gasteiger partial charge is 0.485 e. The first kappa shape index (κ1) is 27.7. The van der Waals surface area contributed by atoms with Gasteiger partial charge in [0.25, 0.3) is 0 Å². The van der Waals surface area contributed by atoms with E-state index in [1.165, 1.54) is 5.45 Å². The summed E-state index contributed by atoms with van der Waals surface area (Å²) in [6.45, 7) is 25.7. The minimum Gasteiger partial charge on any atom is -0.741 e. The average Bonchev–Trinajstić information content (AvgIpc) is 2.60. The predicted octanol–water partition coefficient (Wildman–Crippen LogP) is 7.22. The second kappa shape index (κ2) is 8.06. The van der Waals surface area contributed by atoms with Crippen LogP contribution in [0.2, 0.25) is 0 Å². The lowest BCUT2D eigenvalue weighted by atomic mass is 10.3. The minimum absolute atomic E-state index is 0.0383. The Bertz CT molecular complexity index is 674. The van der Waals surface area contributed by atoms with Crippen LogP contribution >= 0.6 is 22.0 Å². The average molecular weight is 469 g/mol. The van der Waals surface area contributed by atoms with Gasteiger partial charge >= 0.3 is 5.51 Å². The van der Waals surface area contributed by atoms with Crippen molar-refractivity contribution in [3.05, 3.63) is 0 Å². The van der Waals surface area contributed by atoms with Crippen molar-refractivity contribution in [3.8, 4) is 0 Å². The predicted molar refractivity (Wildman–Crippen MR) is 115 cm³/mol. The number of halogens is 3. The highest BCUT2D eigenvalue weighted by atomic mass is 32.5. The molecule has 1 rings (SSSR count). The van der Waals surface area contributed by atoms with Crippen LogP contribution in [0, 0.1) is 0 Å². The van der Waals surface area contributed by atoms with E-state index < -0.39 is 22.6 Å². The summed E-state index contributed by atoms with van der Waals surface area (Å²) in [6.07, 6.45) is 0. The fourth-order valence-electron chi connectivity index (χ4n) is 2.66. The molecule has 1 aliphatic rings. The second-order valence-corrected chi connectivity index (χ2v) is 25.8. The molecule has 0 N–H and O–H groups in total. The lowest BCUT2D eigenvalue weighted by molar-refractivity contribution is -0.0517. The van der Waals surface area contributed by atoms with Crippen LogP contribution in [0.15, 0.2) is 4.76 Å². The zero-order valence-corrected chi connectivity index (χ0v) is 21.6. The second-order valence-electron chi connectivity index (χ2n) is 9.60. The van der Waals surface area contributed by atoms with Crippen LogP contribution in [0.25, 0.3) is 0 Å². The SMILES string of the molecule is CC1=N[P@@](C(C)(C)C)[P@](C(C)(C)C)[P+]1(C)C(C)(C)C.O=S(=O)([O-])C(F)(F)F. The molecule has 1 aliphatic heterocycles. The minimum atomic E-state index is -6.09. The summed E-state index contributed by atoms with van der Waals surface area (Å²) in [6, 6.07) is 0. The fourth-order valence-corrected chi connectivity index (χ4v) is 30.0. The monoisotopic (exact) mass is 469 g/mol. The van der Waals surface area contributed by atoms with Gasteiger partial charge in [-0.15, -0.1) is 0 Å². The van der Waals surface area contributed by atoms with Gasteiger partial charge in [0.15, 0.2) is 15.6 Å². The Hall–Kier alpha value is 0.660. The van der Waals surface area contributed by atoms with Crippen LogP contribution in [0.1, 0.15) is 69.2 Å². The third-order valence-electron chi connectivity index (χ3n) is 4.22. The van der Waals surface area contributed by atoms with Crippen molar-refractivity contribution in [2.75, 3.05) is 6.66 Å². The molecule has 0 aromatic carbocycles. The van der Waals surface area contributed by atoms with Crippen LogP contribution in [0.3, 0.4) is 0 Å². The zero-order chi connectivity index (χ0) is 22.4. The van der Waals surface area contributed by atoms with Crippen LogP contribution in [-0.4, -0.2) is 46.1 Å². The fraction of sp³-hybridized carbons (Fsp3) is 0.938. The van der Waals surface area contributed by atoms with Crippen LogP contribution < -0.4 is 0 Å². The van der Waals surface area contributed by atoms with Gasteiger partial charge in [-0.1, -0.05) is 41.5 Å². The Morgan fingerprint density at radius 2 is 1.26 bits per heavy atom. The number of rotatable bonds is 0. The van der Waals surface area contributed by atoms with E-state index in [2.05, 4.69) is 75.9 Å². The molecule has 1 unspecified atom stereocenters. The molecule has 162 valence electrons. The molecule has 0 aromatic rings. The zero-order valence-electron chi connectivity index (χ0n) is 18.1. The Morgan fingerprint density at radius 1 is 0.926 bits per heavy atom. The van der Waals surface area contributed by atoms with Gasteiger partial charge in [0.2, 0.25) is 0 Å². The molecule has 27 heavy (non-hydrogen) atoms. The Labute approximate surface area is 165 Å². The van der Waals surface area contributed by atoms with Gasteiger partial charge in [-0.2, -0.15) is 13.2 Å². The largest absolute Gasteiger partial charge is 0.741 e. The molecule has 0 aliphatic carbocycles. The number of alkyl halides is 3. The topological polar surface area (TPSA) is 69.6 Å². The van der Waals surface area contributed by atoms with Gasteiger partial charge in [0.1, 0.15) is 7.30 Å². The van der Waals surface area contributed by atoms with Gasteiger partial charge in [-0.05, 0) is 20.8 Å². The Morgan fingerprint density at radius 3 is 1.44 bits per heavy atom. The van der Waals surface area contributed by atoms with E-state index in [-0.39, 0.29) is 15.1 Å². The van der Waals surface area contributed by atoms with E-state index in [9.17, 15) is 13.2 Å². The van der Waals surface area contributed by atoms with E-state index in [1.54, 1.807) is 0 Å². The molecule has 0 saturated carbocycles. The van der Waals surface area contributed by atoms with E-state index in [1.807, 2.05) is 0 Å². The van der Waals surface area contributed by atoms with Crippen LogP contribution in [0.5, 0.6) is 0 Å². The summed E-state index contributed by atoms with van der Waals surface area (Å²) >= 11 is 0. The van der Waals surface area contributed by atoms with Crippen molar-refractivity contribution in [1.29, 1.82) is 0 Å². The molecule has 4 nitrogen and oxygen atoms in total. The first-order valence-electron chi connectivity index (χ1n) is 8.44. The first-order valence-corrected chi connectivity index (χ1v) is 16.1. The van der Waals surface area contributed by atoms with Gasteiger partial charge in [0.05, 0.1) is 26.5 Å². The van der Waals surface area contributed by atoms with E-state index in [0.717, 1.165) is 0 Å². The maximum absolute atomic E-state index is 10.7. The third-order valence-corrected chi connectivity index (χ3v) is 29.4. The maximum Gasteiger partial charge on any atom is 0.485 e.